The van der Waals surface area contributed by atoms with Crippen LogP contribution in [0.25, 0.3) is 33.8 Å². The summed E-state index contributed by atoms with van der Waals surface area (Å²) in [5.74, 6) is -3.27. The Morgan fingerprint density at radius 3 is 2.31 bits per heavy atom. The van der Waals surface area contributed by atoms with Crippen LogP contribution in [-0.4, -0.2) is 31.4 Å². The Kier molecular flexibility index (Phi) is 5.82. The van der Waals surface area contributed by atoms with E-state index in [2.05, 4.69) is 39.2 Å². The molecule has 35 heavy (non-hydrogen) atoms. The van der Waals surface area contributed by atoms with E-state index in [4.69, 9.17) is 0 Å². The molecule has 0 amide bonds. The SMILES string of the molecule is CCSc1cc(-c2ccc(C3CC3)cc2)cnc1-c1nc2cc(C(F)(F)C(F)(F)F)cnc2n1C. The number of imidazole rings is 1. The lowest BCUT2D eigenvalue weighted by Gasteiger charge is -2.19. The number of pyridine rings is 2. The molecule has 0 N–H and O–H groups in total. The van der Waals surface area contributed by atoms with Gasteiger partial charge in [-0.15, -0.1) is 11.8 Å². The molecule has 5 rings (SSSR count). The van der Waals surface area contributed by atoms with Gasteiger partial charge in [-0.2, -0.15) is 22.0 Å². The third-order valence-electron chi connectivity index (χ3n) is 6.08. The summed E-state index contributed by atoms with van der Waals surface area (Å²) in [6.45, 7) is 1.99. The fraction of sp³-hybridized carbons (Fsp3) is 0.320. The van der Waals surface area contributed by atoms with Gasteiger partial charge in [0.05, 0.1) is 5.56 Å². The Hall–Kier alpha value is -3.01. The molecule has 3 heterocycles. The van der Waals surface area contributed by atoms with Crippen molar-refractivity contribution in [3.05, 3.63) is 59.9 Å². The number of halogens is 5. The van der Waals surface area contributed by atoms with E-state index in [0.29, 0.717) is 23.6 Å². The lowest BCUT2D eigenvalue weighted by atomic mass is 10.0. The van der Waals surface area contributed by atoms with E-state index in [1.54, 1.807) is 29.6 Å². The molecular formula is C25H21F5N4S. The summed E-state index contributed by atoms with van der Waals surface area (Å²) in [5.41, 5.74) is 2.69. The first kappa shape index (κ1) is 23.7. The van der Waals surface area contributed by atoms with E-state index in [1.807, 2.05) is 13.0 Å². The average Bonchev–Trinajstić information content (AvgIpc) is 3.62. The van der Waals surface area contributed by atoms with Crippen molar-refractivity contribution in [3.8, 4) is 22.6 Å². The van der Waals surface area contributed by atoms with Crippen LogP contribution in [-0.2, 0) is 13.0 Å². The van der Waals surface area contributed by atoms with Gasteiger partial charge in [-0.05, 0) is 47.8 Å². The van der Waals surface area contributed by atoms with Crippen molar-refractivity contribution in [2.45, 2.75) is 42.7 Å². The van der Waals surface area contributed by atoms with Crippen LogP contribution in [0.5, 0.6) is 0 Å². The Balaban J connectivity index is 1.55. The molecule has 0 aliphatic heterocycles. The average molecular weight is 505 g/mol. The number of hydrogen-bond acceptors (Lipinski definition) is 4. The maximum Gasteiger partial charge on any atom is 0.458 e. The van der Waals surface area contributed by atoms with Gasteiger partial charge >= 0.3 is 12.1 Å². The van der Waals surface area contributed by atoms with E-state index in [1.165, 1.54) is 18.4 Å². The maximum atomic E-state index is 13.8. The number of alkyl halides is 5. The lowest BCUT2D eigenvalue weighted by Crippen LogP contribution is -2.33. The molecule has 10 heteroatoms. The van der Waals surface area contributed by atoms with E-state index < -0.39 is 17.7 Å². The zero-order chi connectivity index (χ0) is 25.0. The first-order chi connectivity index (χ1) is 16.6. The van der Waals surface area contributed by atoms with Gasteiger partial charge in [-0.25, -0.2) is 9.97 Å². The standard InChI is InChI=1S/C25H21F5N4S/c1-3-35-20-10-17(16-8-6-15(7-9-16)14-4-5-14)12-31-21(20)23-33-19-11-18(13-32-22(19)34(23)2)24(26,27)25(28,29)30/h6-14H,3-5H2,1-2H3. The largest absolute Gasteiger partial charge is 0.458 e. The van der Waals surface area contributed by atoms with E-state index in [9.17, 15) is 22.0 Å². The summed E-state index contributed by atoms with van der Waals surface area (Å²) in [5, 5.41) is 0. The summed E-state index contributed by atoms with van der Waals surface area (Å²) < 4.78 is 67.7. The molecule has 1 saturated carbocycles. The fourth-order valence-corrected chi connectivity index (χ4v) is 4.83. The van der Waals surface area contributed by atoms with Crippen molar-refractivity contribution in [1.29, 1.82) is 0 Å². The van der Waals surface area contributed by atoms with Gasteiger partial charge in [0.1, 0.15) is 11.2 Å². The highest BCUT2D eigenvalue weighted by molar-refractivity contribution is 7.99. The van der Waals surface area contributed by atoms with Crippen molar-refractivity contribution in [2.24, 2.45) is 7.05 Å². The van der Waals surface area contributed by atoms with Crippen molar-refractivity contribution < 1.29 is 22.0 Å². The molecule has 1 aliphatic carbocycles. The van der Waals surface area contributed by atoms with E-state index in [-0.39, 0.29) is 11.2 Å². The topological polar surface area (TPSA) is 43.6 Å². The Morgan fingerprint density at radius 1 is 0.971 bits per heavy atom. The van der Waals surface area contributed by atoms with Crippen LogP contribution in [0.15, 0.2) is 53.7 Å². The minimum atomic E-state index is -5.72. The third kappa shape index (κ3) is 4.28. The van der Waals surface area contributed by atoms with Gasteiger partial charge in [0.15, 0.2) is 11.5 Å². The monoisotopic (exact) mass is 504 g/mol. The molecule has 182 valence electrons. The van der Waals surface area contributed by atoms with Gasteiger partial charge in [0.25, 0.3) is 0 Å². The van der Waals surface area contributed by atoms with Crippen LogP contribution in [0.4, 0.5) is 22.0 Å². The van der Waals surface area contributed by atoms with Gasteiger partial charge in [0.2, 0.25) is 0 Å². The molecule has 1 aromatic carbocycles. The first-order valence-electron chi connectivity index (χ1n) is 11.1. The number of aromatic nitrogens is 4. The smallest absolute Gasteiger partial charge is 0.310 e. The van der Waals surface area contributed by atoms with Crippen molar-refractivity contribution in [3.63, 3.8) is 0 Å². The molecular weight excluding hydrogens is 483 g/mol. The quantitative estimate of drug-likeness (QED) is 0.204. The molecule has 0 unspecified atom stereocenters. The summed E-state index contributed by atoms with van der Waals surface area (Å²) in [7, 11) is 1.63. The highest BCUT2D eigenvalue weighted by Gasteiger charge is 2.59. The predicted octanol–water partition coefficient (Wildman–Crippen LogP) is 7.34. The molecule has 0 bridgehead atoms. The fourth-order valence-electron chi connectivity index (χ4n) is 4.02. The lowest BCUT2D eigenvalue weighted by molar-refractivity contribution is -0.289. The summed E-state index contributed by atoms with van der Waals surface area (Å²) in [4.78, 5) is 13.7. The Morgan fingerprint density at radius 2 is 1.69 bits per heavy atom. The predicted molar refractivity (Wildman–Crippen MR) is 125 cm³/mol. The minimum Gasteiger partial charge on any atom is -0.310 e. The second-order valence-corrected chi connectivity index (χ2v) is 9.84. The summed E-state index contributed by atoms with van der Waals surface area (Å²) in [6.07, 6.45) is -0.995. The highest BCUT2D eigenvalue weighted by Crippen LogP contribution is 2.44. The zero-order valence-electron chi connectivity index (χ0n) is 18.9. The molecule has 1 aliphatic rings. The number of rotatable bonds is 6. The van der Waals surface area contributed by atoms with Crippen molar-refractivity contribution in [2.75, 3.05) is 5.75 Å². The summed E-state index contributed by atoms with van der Waals surface area (Å²) >= 11 is 1.55. The van der Waals surface area contributed by atoms with Crippen LogP contribution in [0.1, 0.15) is 36.8 Å². The molecule has 0 spiro atoms. The van der Waals surface area contributed by atoms with E-state index >= 15 is 0 Å². The second kappa shape index (κ2) is 8.58. The molecule has 0 atom stereocenters. The van der Waals surface area contributed by atoms with Gasteiger partial charge in [0, 0.05) is 29.9 Å². The van der Waals surface area contributed by atoms with E-state index in [0.717, 1.165) is 27.8 Å². The van der Waals surface area contributed by atoms with Crippen LogP contribution >= 0.6 is 11.8 Å². The third-order valence-corrected chi connectivity index (χ3v) is 7.00. The maximum absolute atomic E-state index is 13.8. The van der Waals surface area contributed by atoms with Gasteiger partial charge < -0.3 is 4.57 Å². The van der Waals surface area contributed by atoms with Crippen molar-refractivity contribution in [1.82, 2.24) is 19.5 Å². The van der Waals surface area contributed by atoms with Crippen molar-refractivity contribution >= 4 is 22.9 Å². The molecule has 1 fully saturated rings. The molecule has 0 saturated heterocycles. The van der Waals surface area contributed by atoms with Crippen LogP contribution in [0, 0.1) is 0 Å². The Labute approximate surface area is 202 Å². The number of nitrogens with zero attached hydrogens (tertiary/aromatic N) is 4. The normalized spacial score (nSPS) is 14.6. The molecule has 0 radical (unpaired) electrons. The number of aryl methyl sites for hydroxylation is 1. The van der Waals surface area contributed by atoms with Gasteiger partial charge in [-0.3, -0.25) is 4.98 Å². The van der Waals surface area contributed by atoms with Crippen LogP contribution < -0.4 is 0 Å². The molecule has 4 nitrogen and oxygen atoms in total. The number of hydrogen-bond donors (Lipinski definition) is 0. The van der Waals surface area contributed by atoms with Gasteiger partial charge in [-0.1, -0.05) is 31.2 Å². The van der Waals surface area contributed by atoms with Crippen LogP contribution in [0.2, 0.25) is 0 Å². The number of benzene rings is 1. The highest BCUT2D eigenvalue weighted by atomic mass is 32.2. The number of fused-ring (bicyclic) bond motifs is 1. The molecule has 4 aromatic rings. The number of thioether (sulfide) groups is 1. The second-order valence-electron chi connectivity index (χ2n) is 8.53. The summed E-state index contributed by atoms with van der Waals surface area (Å²) in [6, 6.07) is 11.2. The molecule has 3 aromatic heterocycles. The zero-order valence-corrected chi connectivity index (χ0v) is 19.7. The Bertz CT molecular complexity index is 1390. The first-order valence-corrected chi connectivity index (χ1v) is 12.1. The minimum absolute atomic E-state index is 0.0575. The van der Waals surface area contributed by atoms with Crippen LogP contribution in [0.3, 0.4) is 0 Å².